The zero-order valence-corrected chi connectivity index (χ0v) is 26.0. The molecule has 1 fully saturated rings. The first-order valence-electron chi connectivity index (χ1n) is 14.7. The van der Waals surface area contributed by atoms with Crippen LogP contribution in [0, 0.1) is 11.2 Å². The molecule has 246 valence electrons. The topological polar surface area (TPSA) is 124 Å². The first-order chi connectivity index (χ1) is 21.7. The van der Waals surface area contributed by atoms with E-state index in [4.69, 9.17) is 9.84 Å². The molecule has 0 saturated carbocycles. The molecule has 15 heteroatoms. The highest BCUT2D eigenvalue weighted by molar-refractivity contribution is 5.91. The number of halogens is 4. The molecule has 5 rings (SSSR count). The first kappa shape index (κ1) is 33.0. The van der Waals surface area contributed by atoms with Gasteiger partial charge in [-0.1, -0.05) is 13.8 Å². The number of aliphatic carboxylic acids is 1. The summed E-state index contributed by atoms with van der Waals surface area (Å²) in [5.41, 5.74) is 0.452. The molecule has 1 saturated heterocycles. The fourth-order valence-electron chi connectivity index (χ4n) is 5.76. The van der Waals surface area contributed by atoms with E-state index in [0.29, 0.717) is 73.9 Å². The molecule has 0 radical (unpaired) electrons. The zero-order valence-electron chi connectivity index (χ0n) is 26.0. The second kappa shape index (κ2) is 13.2. The quantitative estimate of drug-likeness (QED) is 0.230. The molecule has 46 heavy (non-hydrogen) atoms. The molecule has 3 aromatic heterocycles. The van der Waals surface area contributed by atoms with Crippen molar-refractivity contribution in [3.63, 3.8) is 0 Å². The second-order valence-electron chi connectivity index (χ2n) is 12.3. The van der Waals surface area contributed by atoms with E-state index in [9.17, 15) is 22.4 Å². The molecular formula is C31H36F4N8O3. The largest absolute Gasteiger partial charge is 0.480 e. The molecule has 0 bridgehead atoms. The zero-order chi connectivity index (χ0) is 33.2. The number of imidazole rings is 1. The molecule has 1 aliphatic rings. The SMILES string of the molecule is COCC(C)(C)CN(C)c1cc(-c2cc(F)cc(C(F)(F)F)c2)nc2nc(-c3cnc(N4CCCN(CC(=O)O)CC4)cn3)[nH]c12. The van der Waals surface area contributed by atoms with E-state index in [1.165, 1.54) is 0 Å². The van der Waals surface area contributed by atoms with Crippen LogP contribution in [0.15, 0.2) is 36.7 Å². The van der Waals surface area contributed by atoms with Gasteiger partial charge in [-0.05, 0) is 30.7 Å². The summed E-state index contributed by atoms with van der Waals surface area (Å²) in [6.07, 6.45) is -0.761. The van der Waals surface area contributed by atoms with Crippen LogP contribution < -0.4 is 9.80 Å². The van der Waals surface area contributed by atoms with Crippen LogP contribution in [0.4, 0.5) is 29.1 Å². The molecule has 0 atom stereocenters. The summed E-state index contributed by atoms with van der Waals surface area (Å²) in [4.78, 5) is 38.5. The maximum Gasteiger partial charge on any atom is 0.416 e. The Morgan fingerprint density at radius 2 is 1.83 bits per heavy atom. The molecule has 0 unspecified atom stereocenters. The molecule has 1 aromatic carbocycles. The van der Waals surface area contributed by atoms with Gasteiger partial charge >= 0.3 is 12.1 Å². The number of nitrogens with one attached hydrogen (secondary N) is 1. The number of alkyl halides is 3. The number of rotatable bonds is 10. The number of aromatic nitrogens is 5. The first-order valence-corrected chi connectivity index (χ1v) is 14.7. The number of hydrogen-bond donors (Lipinski definition) is 2. The lowest BCUT2D eigenvalue weighted by molar-refractivity contribution is -0.138. The van der Waals surface area contributed by atoms with Crippen molar-refractivity contribution in [1.82, 2.24) is 29.8 Å². The third kappa shape index (κ3) is 7.70. The Kier molecular flexibility index (Phi) is 9.44. The molecule has 4 aromatic rings. The minimum atomic E-state index is -4.74. The van der Waals surface area contributed by atoms with E-state index < -0.39 is 23.5 Å². The van der Waals surface area contributed by atoms with Crippen molar-refractivity contribution in [3.8, 4) is 22.8 Å². The van der Waals surface area contributed by atoms with E-state index in [1.54, 1.807) is 25.6 Å². The van der Waals surface area contributed by atoms with Crippen LogP contribution in [0.1, 0.15) is 25.8 Å². The molecule has 1 aliphatic heterocycles. The van der Waals surface area contributed by atoms with Gasteiger partial charge in [0.05, 0.1) is 42.5 Å². The second-order valence-corrected chi connectivity index (χ2v) is 12.3. The number of fused-ring (bicyclic) bond motifs is 1. The Labute approximate surface area is 263 Å². The normalized spacial score (nSPS) is 14.9. The van der Waals surface area contributed by atoms with Gasteiger partial charge in [-0.15, -0.1) is 0 Å². The van der Waals surface area contributed by atoms with Crippen LogP contribution in [0.5, 0.6) is 0 Å². The van der Waals surface area contributed by atoms with Gasteiger partial charge in [0.2, 0.25) is 0 Å². The Bertz CT molecular complexity index is 1690. The number of H-pyrrole nitrogens is 1. The smallest absolute Gasteiger partial charge is 0.416 e. The molecule has 0 aliphatic carbocycles. The van der Waals surface area contributed by atoms with Gasteiger partial charge in [0.25, 0.3) is 0 Å². The number of carboxylic acids is 1. The number of carbonyl (C=O) groups is 1. The molecule has 4 heterocycles. The van der Waals surface area contributed by atoms with E-state index in [2.05, 4.69) is 24.9 Å². The Balaban J connectivity index is 1.51. The minimum absolute atomic E-state index is 0.00990. The van der Waals surface area contributed by atoms with Gasteiger partial charge in [0.1, 0.15) is 22.8 Å². The summed E-state index contributed by atoms with van der Waals surface area (Å²) in [5.74, 6) is -0.895. The highest BCUT2D eigenvalue weighted by Gasteiger charge is 2.32. The fourth-order valence-corrected chi connectivity index (χ4v) is 5.76. The van der Waals surface area contributed by atoms with Crippen molar-refractivity contribution in [1.29, 1.82) is 0 Å². The van der Waals surface area contributed by atoms with E-state index in [0.717, 1.165) is 18.6 Å². The summed E-state index contributed by atoms with van der Waals surface area (Å²) < 4.78 is 60.4. The number of nitrogens with zero attached hydrogens (tertiary/aromatic N) is 7. The van der Waals surface area contributed by atoms with Crippen molar-refractivity contribution in [2.24, 2.45) is 5.41 Å². The predicted octanol–water partition coefficient (Wildman–Crippen LogP) is 4.95. The number of hydrogen-bond acceptors (Lipinski definition) is 9. The summed E-state index contributed by atoms with van der Waals surface area (Å²) in [6, 6.07) is 3.96. The third-order valence-electron chi connectivity index (χ3n) is 7.73. The number of methoxy groups -OCH3 is 1. The van der Waals surface area contributed by atoms with Crippen LogP contribution in [0.3, 0.4) is 0 Å². The number of pyridine rings is 1. The van der Waals surface area contributed by atoms with Crippen LogP contribution in [-0.4, -0.2) is 101 Å². The van der Waals surface area contributed by atoms with Crippen molar-refractivity contribution in [3.05, 3.63) is 48.0 Å². The number of aromatic amines is 1. The number of carboxylic acid groups (broad SMARTS) is 1. The van der Waals surface area contributed by atoms with Gasteiger partial charge in [-0.3, -0.25) is 9.69 Å². The molecular weight excluding hydrogens is 608 g/mol. The third-order valence-corrected chi connectivity index (χ3v) is 7.73. The lowest BCUT2D eigenvalue weighted by Crippen LogP contribution is -2.34. The van der Waals surface area contributed by atoms with Gasteiger partial charge < -0.3 is 24.6 Å². The van der Waals surface area contributed by atoms with Crippen molar-refractivity contribution in [2.45, 2.75) is 26.4 Å². The van der Waals surface area contributed by atoms with Crippen LogP contribution in [-0.2, 0) is 15.7 Å². The highest BCUT2D eigenvalue weighted by atomic mass is 19.4. The number of ether oxygens (including phenoxy) is 1. The minimum Gasteiger partial charge on any atom is -0.480 e. The highest BCUT2D eigenvalue weighted by Crippen LogP contribution is 2.36. The summed E-state index contributed by atoms with van der Waals surface area (Å²) in [5, 5.41) is 9.12. The Morgan fingerprint density at radius 3 is 2.50 bits per heavy atom. The van der Waals surface area contributed by atoms with Crippen molar-refractivity contribution in [2.75, 3.05) is 69.8 Å². The Hall–Kier alpha value is -4.37. The van der Waals surface area contributed by atoms with Gasteiger partial charge in [0, 0.05) is 57.9 Å². The number of anilines is 2. The maximum atomic E-state index is 14.4. The molecule has 0 spiro atoms. The Morgan fingerprint density at radius 1 is 1.04 bits per heavy atom. The molecule has 11 nitrogen and oxygen atoms in total. The average molecular weight is 645 g/mol. The van der Waals surface area contributed by atoms with Crippen LogP contribution in [0.25, 0.3) is 33.9 Å². The monoisotopic (exact) mass is 644 g/mol. The molecule has 0 amide bonds. The summed E-state index contributed by atoms with van der Waals surface area (Å²) in [7, 11) is 3.46. The van der Waals surface area contributed by atoms with Gasteiger partial charge in [-0.2, -0.15) is 13.2 Å². The van der Waals surface area contributed by atoms with Crippen LogP contribution in [0.2, 0.25) is 0 Å². The summed E-state index contributed by atoms with van der Waals surface area (Å²) in [6.45, 7) is 7.58. The lowest BCUT2D eigenvalue weighted by atomic mass is 9.94. The van der Waals surface area contributed by atoms with E-state index in [-0.39, 0.29) is 28.9 Å². The van der Waals surface area contributed by atoms with Gasteiger partial charge in [0.15, 0.2) is 11.5 Å². The van der Waals surface area contributed by atoms with Crippen molar-refractivity contribution >= 4 is 28.6 Å². The van der Waals surface area contributed by atoms with Crippen molar-refractivity contribution < 1.29 is 32.2 Å². The van der Waals surface area contributed by atoms with Gasteiger partial charge in [-0.25, -0.2) is 24.3 Å². The average Bonchev–Trinajstić information content (AvgIpc) is 3.28. The fraction of sp³-hybridized carbons (Fsp3) is 0.452. The standard InChI is InChI=1S/C31H36F4N8O3/c1-30(2,18-46-4)17-41(3)24-13-22(19-10-20(31(33,34)35)12-21(32)11-19)38-29-27(24)39-28(40-29)23-14-37-25(15-36-23)43-7-5-6-42(8-9-43)16-26(44)45/h10-15H,5-9,16-18H2,1-4H3,(H,44,45)(H,38,39,40). The van der Waals surface area contributed by atoms with Crippen LogP contribution >= 0.6 is 0 Å². The predicted molar refractivity (Wildman–Crippen MR) is 165 cm³/mol. The van der Waals surface area contributed by atoms with E-state index in [1.807, 2.05) is 35.6 Å². The lowest BCUT2D eigenvalue weighted by Gasteiger charge is -2.31. The maximum absolute atomic E-state index is 14.4. The van der Waals surface area contributed by atoms with E-state index >= 15 is 0 Å². The molecule has 2 N–H and O–H groups in total. The number of benzene rings is 1. The summed E-state index contributed by atoms with van der Waals surface area (Å²) >= 11 is 0.